The van der Waals surface area contributed by atoms with E-state index < -0.39 is 0 Å². The number of anilines is 3. The number of nitrogen functional groups attached to an aromatic ring is 1. The summed E-state index contributed by atoms with van der Waals surface area (Å²) in [6, 6.07) is 17.5. The number of nitrogens with two attached hydrogens (primary N) is 1. The van der Waals surface area contributed by atoms with Gasteiger partial charge < -0.3 is 10.6 Å². The Morgan fingerprint density at radius 1 is 1.06 bits per heavy atom. The number of nitrogens with zero attached hydrogens (tertiary/aromatic N) is 2. The Hall–Kier alpha value is -2.47. The van der Waals surface area contributed by atoms with Gasteiger partial charge in [0.2, 0.25) is 0 Å². The summed E-state index contributed by atoms with van der Waals surface area (Å²) in [6.45, 7) is 0. The third-order valence-corrected chi connectivity index (χ3v) is 2.69. The van der Waals surface area contributed by atoms with E-state index in [9.17, 15) is 0 Å². The second-order valence-corrected chi connectivity index (χ2v) is 3.78. The quantitative estimate of drug-likeness (QED) is 0.796. The van der Waals surface area contributed by atoms with Gasteiger partial charge in [-0.15, -0.1) is 0 Å². The van der Waals surface area contributed by atoms with Crippen LogP contribution >= 0.6 is 0 Å². The highest BCUT2D eigenvalue weighted by Gasteiger charge is 2.06. The van der Waals surface area contributed by atoms with Crippen LogP contribution in [0.25, 0.3) is 0 Å². The second kappa shape index (κ2) is 4.58. The standard InChI is InChI=1S/C14H13N3/c1-17(12-5-3-2-4-6-12)13-7-8-14(16)11(9-13)10-15/h2-9H,16H2,1H3. The van der Waals surface area contributed by atoms with Crippen molar-refractivity contribution in [2.45, 2.75) is 0 Å². The monoisotopic (exact) mass is 223 g/mol. The lowest BCUT2D eigenvalue weighted by atomic mass is 10.1. The zero-order valence-electron chi connectivity index (χ0n) is 9.59. The molecule has 0 spiro atoms. The summed E-state index contributed by atoms with van der Waals surface area (Å²) in [4.78, 5) is 2.01. The number of hydrogen-bond acceptors (Lipinski definition) is 3. The molecule has 0 aliphatic heterocycles. The van der Waals surface area contributed by atoms with E-state index in [1.807, 2.05) is 48.3 Å². The van der Waals surface area contributed by atoms with E-state index in [0.717, 1.165) is 11.4 Å². The molecule has 0 fully saturated rings. The fourth-order valence-electron chi connectivity index (χ4n) is 1.65. The van der Waals surface area contributed by atoms with Crippen LogP contribution in [0.1, 0.15) is 5.56 Å². The SMILES string of the molecule is CN(c1ccccc1)c1ccc(N)c(C#N)c1. The van der Waals surface area contributed by atoms with E-state index >= 15 is 0 Å². The number of nitriles is 1. The van der Waals surface area contributed by atoms with Gasteiger partial charge >= 0.3 is 0 Å². The molecule has 0 heterocycles. The molecule has 2 N–H and O–H groups in total. The molecule has 2 rings (SSSR count). The van der Waals surface area contributed by atoms with Gasteiger partial charge in [0.05, 0.1) is 5.56 Å². The van der Waals surface area contributed by atoms with Gasteiger partial charge in [0.25, 0.3) is 0 Å². The molecule has 0 saturated heterocycles. The summed E-state index contributed by atoms with van der Waals surface area (Å²) in [7, 11) is 1.96. The molecule has 3 nitrogen and oxygen atoms in total. The lowest BCUT2D eigenvalue weighted by Crippen LogP contribution is -2.09. The van der Waals surface area contributed by atoms with Gasteiger partial charge in [-0.2, -0.15) is 5.26 Å². The highest BCUT2D eigenvalue weighted by Crippen LogP contribution is 2.25. The largest absolute Gasteiger partial charge is 0.398 e. The maximum Gasteiger partial charge on any atom is 0.101 e. The molecule has 17 heavy (non-hydrogen) atoms. The lowest BCUT2D eigenvalue weighted by molar-refractivity contribution is 1.21. The smallest absolute Gasteiger partial charge is 0.101 e. The highest BCUT2D eigenvalue weighted by molar-refractivity contribution is 5.68. The van der Waals surface area contributed by atoms with Gasteiger partial charge in [0.1, 0.15) is 6.07 Å². The molecule has 2 aromatic carbocycles. The average Bonchev–Trinajstić information content (AvgIpc) is 2.39. The van der Waals surface area contributed by atoms with Crippen LogP contribution in [0.5, 0.6) is 0 Å². The number of hydrogen-bond donors (Lipinski definition) is 1. The van der Waals surface area contributed by atoms with E-state index in [1.165, 1.54) is 0 Å². The summed E-state index contributed by atoms with van der Waals surface area (Å²) in [5.41, 5.74) is 8.73. The molecule has 3 heteroatoms. The van der Waals surface area contributed by atoms with Crippen LogP contribution < -0.4 is 10.6 Å². The average molecular weight is 223 g/mol. The molecule has 0 radical (unpaired) electrons. The van der Waals surface area contributed by atoms with Crippen molar-refractivity contribution < 1.29 is 0 Å². The molecular formula is C14H13N3. The molecular weight excluding hydrogens is 210 g/mol. The van der Waals surface area contributed by atoms with Crippen LogP contribution in [-0.4, -0.2) is 7.05 Å². The third-order valence-electron chi connectivity index (χ3n) is 2.69. The maximum atomic E-state index is 8.95. The Balaban J connectivity index is 2.39. The first-order chi connectivity index (χ1) is 8.22. The summed E-state index contributed by atoms with van der Waals surface area (Å²) < 4.78 is 0. The zero-order chi connectivity index (χ0) is 12.3. The molecule has 2 aromatic rings. The van der Waals surface area contributed by atoms with E-state index in [-0.39, 0.29) is 0 Å². The molecule has 0 saturated carbocycles. The van der Waals surface area contributed by atoms with E-state index in [0.29, 0.717) is 11.3 Å². The Bertz CT molecular complexity index is 555. The lowest BCUT2D eigenvalue weighted by Gasteiger charge is -2.19. The Labute approximate surface area is 101 Å². The molecule has 0 aliphatic carbocycles. The highest BCUT2D eigenvalue weighted by atomic mass is 15.1. The maximum absolute atomic E-state index is 8.95. The number of benzene rings is 2. The van der Waals surface area contributed by atoms with Crippen molar-refractivity contribution in [3.63, 3.8) is 0 Å². The van der Waals surface area contributed by atoms with Crippen LogP contribution in [0.4, 0.5) is 17.1 Å². The van der Waals surface area contributed by atoms with Crippen molar-refractivity contribution in [2.24, 2.45) is 0 Å². The van der Waals surface area contributed by atoms with Crippen molar-refractivity contribution in [1.82, 2.24) is 0 Å². The van der Waals surface area contributed by atoms with Crippen LogP contribution in [0.3, 0.4) is 0 Å². The molecule has 0 unspecified atom stereocenters. The van der Waals surface area contributed by atoms with Crippen LogP contribution in [0.2, 0.25) is 0 Å². The number of para-hydroxylation sites is 1. The first kappa shape index (κ1) is 11.0. The van der Waals surface area contributed by atoms with Crippen LogP contribution in [0, 0.1) is 11.3 Å². The Morgan fingerprint density at radius 2 is 1.76 bits per heavy atom. The van der Waals surface area contributed by atoms with Gasteiger partial charge in [0, 0.05) is 24.1 Å². The topological polar surface area (TPSA) is 53.0 Å². The minimum absolute atomic E-state index is 0.505. The van der Waals surface area contributed by atoms with E-state index in [1.54, 1.807) is 12.1 Å². The van der Waals surface area contributed by atoms with E-state index in [2.05, 4.69) is 6.07 Å². The van der Waals surface area contributed by atoms with Crippen molar-refractivity contribution in [3.05, 3.63) is 54.1 Å². The number of rotatable bonds is 2. The summed E-state index contributed by atoms with van der Waals surface area (Å²) in [5.74, 6) is 0. The molecule has 0 aromatic heterocycles. The van der Waals surface area contributed by atoms with Gasteiger partial charge in [-0.1, -0.05) is 18.2 Å². The normalized spacial score (nSPS) is 9.65. The van der Waals surface area contributed by atoms with Crippen molar-refractivity contribution >= 4 is 17.1 Å². The third kappa shape index (κ3) is 2.21. The molecule has 0 bridgehead atoms. The van der Waals surface area contributed by atoms with Crippen LogP contribution in [-0.2, 0) is 0 Å². The van der Waals surface area contributed by atoms with Crippen molar-refractivity contribution in [3.8, 4) is 6.07 Å². The predicted molar refractivity (Wildman–Crippen MR) is 70.1 cm³/mol. The molecule has 0 atom stereocenters. The first-order valence-corrected chi connectivity index (χ1v) is 5.31. The van der Waals surface area contributed by atoms with Gasteiger partial charge in [-0.25, -0.2) is 0 Å². The van der Waals surface area contributed by atoms with Crippen molar-refractivity contribution in [1.29, 1.82) is 5.26 Å². The Kier molecular flexibility index (Phi) is 2.97. The minimum atomic E-state index is 0.505. The summed E-state index contributed by atoms with van der Waals surface area (Å²) >= 11 is 0. The minimum Gasteiger partial charge on any atom is -0.398 e. The fourth-order valence-corrected chi connectivity index (χ4v) is 1.65. The predicted octanol–water partition coefficient (Wildman–Crippen LogP) is 2.91. The molecule has 84 valence electrons. The first-order valence-electron chi connectivity index (χ1n) is 5.31. The van der Waals surface area contributed by atoms with E-state index in [4.69, 9.17) is 11.0 Å². The Morgan fingerprint density at radius 3 is 2.41 bits per heavy atom. The molecule has 0 aliphatic rings. The molecule has 0 amide bonds. The zero-order valence-corrected chi connectivity index (χ0v) is 9.59. The van der Waals surface area contributed by atoms with Crippen LogP contribution in [0.15, 0.2) is 48.5 Å². The van der Waals surface area contributed by atoms with Crippen molar-refractivity contribution in [2.75, 3.05) is 17.7 Å². The van der Waals surface area contributed by atoms with Gasteiger partial charge in [0.15, 0.2) is 0 Å². The summed E-state index contributed by atoms with van der Waals surface area (Å²) in [6.07, 6.45) is 0. The fraction of sp³-hybridized carbons (Fsp3) is 0.0714. The summed E-state index contributed by atoms with van der Waals surface area (Å²) in [5, 5.41) is 8.95. The van der Waals surface area contributed by atoms with Gasteiger partial charge in [-0.3, -0.25) is 0 Å². The van der Waals surface area contributed by atoms with Gasteiger partial charge in [-0.05, 0) is 30.3 Å². The second-order valence-electron chi connectivity index (χ2n) is 3.78.